The number of rotatable bonds is 4. The van der Waals surface area contributed by atoms with Gasteiger partial charge in [0, 0.05) is 24.8 Å². The van der Waals surface area contributed by atoms with E-state index in [2.05, 4.69) is 5.32 Å². The number of aromatic nitrogens is 1. The van der Waals surface area contributed by atoms with Gasteiger partial charge in [-0.25, -0.2) is 0 Å². The maximum absolute atomic E-state index is 11.6. The summed E-state index contributed by atoms with van der Waals surface area (Å²) in [5, 5.41) is 3.64. The zero-order chi connectivity index (χ0) is 13.2. The number of anilines is 1. The third-order valence-corrected chi connectivity index (χ3v) is 4.70. The molecule has 2 fully saturated rings. The third-order valence-electron chi connectivity index (χ3n) is 4.70. The summed E-state index contributed by atoms with van der Waals surface area (Å²) in [7, 11) is 0. The fourth-order valence-corrected chi connectivity index (χ4v) is 3.45. The van der Waals surface area contributed by atoms with E-state index < -0.39 is 0 Å². The Morgan fingerprint density at radius 1 is 1.21 bits per heavy atom. The highest BCUT2D eigenvalue weighted by atomic mass is 16.1. The molecule has 2 atom stereocenters. The molecule has 0 amide bonds. The summed E-state index contributed by atoms with van der Waals surface area (Å²) in [6.45, 7) is 2.75. The Morgan fingerprint density at radius 2 is 2.05 bits per heavy atom. The Kier molecular flexibility index (Phi) is 3.63. The molecule has 1 aromatic rings. The molecular weight excluding hydrogens is 236 g/mol. The molecule has 3 nitrogen and oxygen atoms in total. The van der Waals surface area contributed by atoms with Gasteiger partial charge in [-0.3, -0.25) is 4.79 Å². The van der Waals surface area contributed by atoms with Crippen molar-refractivity contribution in [3.8, 4) is 0 Å². The Hall–Kier alpha value is -1.25. The van der Waals surface area contributed by atoms with Gasteiger partial charge >= 0.3 is 0 Å². The summed E-state index contributed by atoms with van der Waals surface area (Å²) in [4.78, 5) is 11.6. The minimum absolute atomic E-state index is 0.0903. The minimum Gasteiger partial charge on any atom is -0.381 e. The molecule has 0 aliphatic heterocycles. The van der Waals surface area contributed by atoms with Crippen molar-refractivity contribution in [2.75, 3.05) is 5.32 Å². The standard InChI is InChI=1S/C16H24N2O/c1-2-18-11-15(8-9-16(18)19)17-14-5-3-4-13(10-14)12-6-7-12/h8-9,11-14,17H,2-7,10H2,1H3. The summed E-state index contributed by atoms with van der Waals surface area (Å²) in [5.74, 6) is 1.97. The second-order valence-corrected chi connectivity index (χ2v) is 6.15. The molecule has 2 saturated carbocycles. The summed E-state index contributed by atoms with van der Waals surface area (Å²) >= 11 is 0. The molecule has 2 unspecified atom stereocenters. The lowest BCUT2D eigenvalue weighted by Gasteiger charge is -2.30. The van der Waals surface area contributed by atoms with Crippen LogP contribution in [0, 0.1) is 11.8 Å². The molecule has 1 N–H and O–H groups in total. The zero-order valence-corrected chi connectivity index (χ0v) is 11.8. The van der Waals surface area contributed by atoms with Gasteiger partial charge in [-0.15, -0.1) is 0 Å². The first kappa shape index (κ1) is 12.8. The molecule has 1 aromatic heterocycles. The van der Waals surface area contributed by atoms with Crippen LogP contribution in [0.15, 0.2) is 23.1 Å². The first-order valence-corrected chi connectivity index (χ1v) is 7.73. The molecular formula is C16H24N2O. The first-order valence-electron chi connectivity index (χ1n) is 7.73. The molecule has 3 heteroatoms. The van der Waals surface area contributed by atoms with Gasteiger partial charge < -0.3 is 9.88 Å². The third kappa shape index (κ3) is 3.02. The van der Waals surface area contributed by atoms with E-state index in [1.165, 1.54) is 38.5 Å². The number of hydrogen-bond donors (Lipinski definition) is 1. The smallest absolute Gasteiger partial charge is 0.250 e. The van der Waals surface area contributed by atoms with Crippen LogP contribution in [-0.2, 0) is 6.54 Å². The molecule has 0 saturated heterocycles. The largest absolute Gasteiger partial charge is 0.381 e. The van der Waals surface area contributed by atoms with E-state index in [0.717, 1.165) is 24.1 Å². The minimum atomic E-state index is 0.0903. The number of aryl methyl sites for hydroxylation is 1. The van der Waals surface area contributed by atoms with Gasteiger partial charge in [0.1, 0.15) is 0 Å². The fourth-order valence-electron chi connectivity index (χ4n) is 3.45. The summed E-state index contributed by atoms with van der Waals surface area (Å²) in [6.07, 6.45) is 10.2. The lowest BCUT2D eigenvalue weighted by Crippen LogP contribution is -2.29. The molecule has 19 heavy (non-hydrogen) atoms. The molecule has 2 aliphatic carbocycles. The van der Waals surface area contributed by atoms with Gasteiger partial charge in [0.05, 0.1) is 5.69 Å². The highest BCUT2D eigenvalue weighted by molar-refractivity contribution is 5.41. The second-order valence-electron chi connectivity index (χ2n) is 6.15. The van der Waals surface area contributed by atoms with Gasteiger partial charge in [-0.1, -0.05) is 12.8 Å². The van der Waals surface area contributed by atoms with Crippen molar-refractivity contribution in [1.29, 1.82) is 0 Å². The van der Waals surface area contributed by atoms with Crippen LogP contribution in [0.3, 0.4) is 0 Å². The van der Waals surface area contributed by atoms with E-state index in [1.54, 1.807) is 10.6 Å². The topological polar surface area (TPSA) is 34.0 Å². The van der Waals surface area contributed by atoms with E-state index in [-0.39, 0.29) is 5.56 Å². The van der Waals surface area contributed by atoms with Crippen LogP contribution in [0.4, 0.5) is 5.69 Å². The van der Waals surface area contributed by atoms with Crippen molar-refractivity contribution in [3.05, 3.63) is 28.7 Å². The number of nitrogens with one attached hydrogen (secondary N) is 1. The number of nitrogens with zero attached hydrogens (tertiary/aromatic N) is 1. The molecule has 3 rings (SSSR count). The van der Waals surface area contributed by atoms with Crippen LogP contribution in [0.25, 0.3) is 0 Å². The predicted octanol–water partition coefficient (Wildman–Crippen LogP) is 3.25. The van der Waals surface area contributed by atoms with E-state index in [1.807, 2.05) is 19.2 Å². The van der Waals surface area contributed by atoms with Gasteiger partial charge in [0.2, 0.25) is 0 Å². The number of pyridine rings is 1. The highest BCUT2D eigenvalue weighted by Crippen LogP contribution is 2.44. The van der Waals surface area contributed by atoms with Crippen LogP contribution in [0.5, 0.6) is 0 Å². The van der Waals surface area contributed by atoms with Crippen molar-refractivity contribution in [1.82, 2.24) is 4.57 Å². The SMILES string of the molecule is CCn1cc(NC2CCCC(C3CC3)C2)ccc1=O. The Balaban J connectivity index is 1.65. The van der Waals surface area contributed by atoms with Gasteiger partial charge in [-0.2, -0.15) is 0 Å². The van der Waals surface area contributed by atoms with Gasteiger partial charge in [-0.05, 0) is 50.5 Å². The highest BCUT2D eigenvalue weighted by Gasteiger charge is 2.34. The van der Waals surface area contributed by atoms with Crippen LogP contribution in [0.1, 0.15) is 45.4 Å². The van der Waals surface area contributed by atoms with E-state index in [4.69, 9.17) is 0 Å². The second kappa shape index (κ2) is 5.40. The summed E-state index contributed by atoms with van der Waals surface area (Å²) in [6, 6.07) is 4.20. The predicted molar refractivity (Wildman–Crippen MR) is 78.5 cm³/mol. The molecule has 1 heterocycles. The normalized spacial score (nSPS) is 27.2. The van der Waals surface area contributed by atoms with E-state index >= 15 is 0 Å². The molecule has 0 spiro atoms. The molecule has 2 aliphatic rings. The Bertz CT molecular complexity index is 490. The lowest BCUT2D eigenvalue weighted by molar-refractivity contribution is 0.303. The molecule has 0 aromatic carbocycles. The van der Waals surface area contributed by atoms with Crippen molar-refractivity contribution in [3.63, 3.8) is 0 Å². The first-order chi connectivity index (χ1) is 9.26. The zero-order valence-electron chi connectivity index (χ0n) is 11.8. The van der Waals surface area contributed by atoms with Gasteiger partial charge in [0.25, 0.3) is 5.56 Å². The van der Waals surface area contributed by atoms with Crippen molar-refractivity contribution in [2.24, 2.45) is 11.8 Å². The van der Waals surface area contributed by atoms with Crippen LogP contribution >= 0.6 is 0 Å². The molecule has 0 bridgehead atoms. The van der Waals surface area contributed by atoms with Crippen molar-refractivity contribution in [2.45, 2.75) is 58.0 Å². The Morgan fingerprint density at radius 3 is 2.79 bits per heavy atom. The summed E-state index contributed by atoms with van der Waals surface area (Å²) < 4.78 is 1.77. The average molecular weight is 260 g/mol. The van der Waals surface area contributed by atoms with Gasteiger partial charge in [0.15, 0.2) is 0 Å². The summed E-state index contributed by atoms with van der Waals surface area (Å²) in [5.41, 5.74) is 1.19. The van der Waals surface area contributed by atoms with Crippen LogP contribution in [-0.4, -0.2) is 10.6 Å². The fraction of sp³-hybridized carbons (Fsp3) is 0.688. The number of hydrogen-bond acceptors (Lipinski definition) is 2. The van der Waals surface area contributed by atoms with E-state index in [0.29, 0.717) is 6.04 Å². The maximum atomic E-state index is 11.6. The van der Waals surface area contributed by atoms with Crippen LogP contribution < -0.4 is 10.9 Å². The monoisotopic (exact) mass is 260 g/mol. The van der Waals surface area contributed by atoms with Crippen molar-refractivity contribution >= 4 is 5.69 Å². The lowest BCUT2D eigenvalue weighted by atomic mass is 9.82. The average Bonchev–Trinajstić information content (AvgIpc) is 3.26. The van der Waals surface area contributed by atoms with Crippen molar-refractivity contribution < 1.29 is 0 Å². The maximum Gasteiger partial charge on any atom is 0.250 e. The molecule has 104 valence electrons. The quantitative estimate of drug-likeness (QED) is 0.901. The Labute approximate surface area is 115 Å². The van der Waals surface area contributed by atoms with E-state index in [9.17, 15) is 4.79 Å². The molecule has 0 radical (unpaired) electrons. The van der Waals surface area contributed by atoms with Crippen LogP contribution in [0.2, 0.25) is 0 Å².